The Kier molecular flexibility index (Phi) is 4.75. The zero-order valence-electron chi connectivity index (χ0n) is 14.1. The predicted molar refractivity (Wildman–Crippen MR) is 98.7 cm³/mol. The van der Waals surface area contributed by atoms with Crippen molar-refractivity contribution in [2.75, 3.05) is 10.6 Å². The summed E-state index contributed by atoms with van der Waals surface area (Å²) in [7, 11) is 0. The molecule has 0 aromatic carbocycles. The maximum absolute atomic E-state index is 12.2. The smallest absolute Gasteiger partial charge is 0.299 e. The number of carbonyl (C=O) groups excluding carboxylic acids is 2. The molecule has 1 aliphatic heterocycles. The van der Waals surface area contributed by atoms with E-state index in [1.807, 2.05) is 18.4 Å². The van der Waals surface area contributed by atoms with E-state index in [9.17, 15) is 9.59 Å². The van der Waals surface area contributed by atoms with Crippen LogP contribution in [0.15, 0.2) is 33.6 Å². The lowest BCUT2D eigenvalue weighted by molar-refractivity contribution is -0.119. The van der Waals surface area contributed by atoms with Gasteiger partial charge in [0.25, 0.3) is 11.9 Å². The average molecular weight is 358 g/mol. The summed E-state index contributed by atoms with van der Waals surface area (Å²) in [5, 5.41) is 12.3. The van der Waals surface area contributed by atoms with Gasteiger partial charge in [-0.25, -0.2) is 9.79 Å². The van der Waals surface area contributed by atoms with Crippen molar-refractivity contribution in [2.45, 2.75) is 27.2 Å². The molecule has 0 bridgehead atoms. The van der Waals surface area contributed by atoms with Crippen molar-refractivity contribution in [3.05, 3.63) is 29.3 Å². The third-order valence-electron chi connectivity index (χ3n) is 3.72. The van der Waals surface area contributed by atoms with E-state index >= 15 is 0 Å². The molecule has 3 rings (SSSR count). The standard InChI is InChI=1S/C16H18N6O2S/c1-4-11-10(3)17-15(20-14(11)23)22-12(8-9(2)21-22)18-16(24)19-13-6-5-7-25-13/h5-8,11H,4H2,1-3H3,(H2,18,19,24). The van der Waals surface area contributed by atoms with E-state index in [1.54, 1.807) is 26.0 Å². The Morgan fingerprint density at radius 3 is 2.76 bits per heavy atom. The van der Waals surface area contributed by atoms with Crippen LogP contribution in [-0.2, 0) is 4.79 Å². The second-order valence-corrected chi connectivity index (χ2v) is 6.55. The fraction of sp³-hybridized carbons (Fsp3) is 0.312. The molecule has 0 spiro atoms. The van der Waals surface area contributed by atoms with Crippen molar-refractivity contribution < 1.29 is 9.59 Å². The van der Waals surface area contributed by atoms with Gasteiger partial charge in [0, 0.05) is 11.8 Å². The van der Waals surface area contributed by atoms with Gasteiger partial charge in [0.1, 0.15) is 5.82 Å². The predicted octanol–water partition coefficient (Wildman–Crippen LogP) is 3.13. The summed E-state index contributed by atoms with van der Waals surface area (Å²) in [5.74, 6) is 0.0161. The van der Waals surface area contributed by atoms with Crippen LogP contribution in [0.3, 0.4) is 0 Å². The van der Waals surface area contributed by atoms with Crippen LogP contribution < -0.4 is 10.6 Å². The van der Waals surface area contributed by atoms with Crippen molar-refractivity contribution >= 4 is 45.8 Å². The van der Waals surface area contributed by atoms with Crippen molar-refractivity contribution in [3.63, 3.8) is 0 Å². The number of aromatic nitrogens is 2. The SMILES string of the molecule is CCC1C(=O)N=C(n2nc(C)cc2NC(=O)Nc2cccs2)N=C1C. The summed E-state index contributed by atoms with van der Waals surface area (Å²) in [6.07, 6.45) is 0.650. The summed E-state index contributed by atoms with van der Waals surface area (Å²) < 4.78 is 1.37. The molecule has 3 amide bonds. The van der Waals surface area contributed by atoms with Crippen molar-refractivity contribution in [1.82, 2.24) is 9.78 Å². The fourth-order valence-corrected chi connectivity index (χ4v) is 3.14. The molecule has 9 heteroatoms. The van der Waals surface area contributed by atoms with Gasteiger partial charge in [0.05, 0.1) is 16.6 Å². The number of nitrogens with one attached hydrogen (secondary N) is 2. The number of aryl methyl sites for hydroxylation is 1. The third kappa shape index (κ3) is 3.66. The molecule has 1 unspecified atom stereocenters. The van der Waals surface area contributed by atoms with Gasteiger partial charge in [-0.3, -0.25) is 15.4 Å². The summed E-state index contributed by atoms with van der Waals surface area (Å²) in [4.78, 5) is 32.7. The summed E-state index contributed by atoms with van der Waals surface area (Å²) in [6, 6.07) is 4.93. The first-order chi connectivity index (χ1) is 12.0. The minimum Gasteiger partial charge on any atom is -0.299 e. The monoisotopic (exact) mass is 358 g/mol. The van der Waals surface area contributed by atoms with E-state index in [0.29, 0.717) is 23.6 Å². The Balaban J connectivity index is 1.84. The summed E-state index contributed by atoms with van der Waals surface area (Å²) in [6.45, 7) is 5.51. The van der Waals surface area contributed by atoms with E-state index in [1.165, 1.54) is 16.0 Å². The molecular formula is C16H18N6O2S. The topological polar surface area (TPSA) is 101 Å². The van der Waals surface area contributed by atoms with Gasteiger partial charge < -0.3 is 0 Å². The highest BCUT2D eigenvalue weighted by Gasteiger charge is 2.26. The molecule has 2 aromatic rings. The Hall–Kier alpha value is -2.81. The van der Waals surface area contributed by atoms with Gasteiger partial charge in [0.2, 0.25) is 0 Å². The van der Waals surface area contributed by atoms with Gasteiger partial charge in [-0.15, -0.1) is 11.3 Å². The van der Waals surface area contributed by atoms with E-state index in [4.69, 9.17) is 0 Å². The number of aliphatic imine (C=N–C) groups is 2. The molecule has 2 N–H and O–H groups in total. The van der Waals surface area contributed by atoms with Crippen molar-refractivity contribution in [3.8, 4) is 0 Å². The summed E-state index contributed by atoms with van der Waals surface area (Å²) >= 11 is 1.42. The van der Waals surface area contributed by atoms with Crippen LogP contribution in [0.2, 0.25) is 0 Å². The van der Waals surface area contributed by atoms with Gasteiger partial charge >= 0.3 is 6.03 Å². The number of rotatable bonds is 3. The number of amides is 3. The van der Waals surface area contributed by atoms with Gasteiger partial charge in [-0.2, -0.15) is 14.8 Å². The normalized spacial score (nSPS) is 17.1. The Bertz CT molecular complexity index is 865. The molecular weight excluding hydrogens is 340 g/mol. The molecule has 2 aromatic heterocycles. The maximum Gasteiger partial charge on any atom is 0.325 e. The number of hydrogen-bond acceptors (Lipinski definition) is 5. The molecule has 1 atom stereocenters. The number of thiophene rings is 1. The molecule has 1 aliphatic rings. The minimum atomic E-state index is -0.404. The highest BCUT2D eigenvalue weighted by Crippen LogP contribution is 2.19. The number of nitrogens with zero attached hydrogens (tertiary/aromatic N) is 4. The molecule has 0 saturated carbocycles. The first kappa shape index (κ1) is 17.0. The Labute approximate surface area is 148 Å². The van der Waals surface area contributed by atoms with Crippen LogP contribution in [0.25, 0.3) is 0 Å². The molecule has 0 saturated heterocycles. The lowest BCUT2D eigenvalue weighted by Crippen LogP contribution is -2.30. The van der Waals surface area contributed by atoms with Crippen LogP contribution in [0.1, 0.15) is 26.0 Å². The van der Waals surface area contributed by atoms with Gasteiger partial charge in [0.15, 0.2) is 0 Å². The molecule has 25 heavy (non-hydrogen) atoms. The molecule has 3 heterocycles. The molecule has 8 nitrogen and oxygen atoms in total. The number of carbonyl (C=O) groups is 2. The van der Waals surface area contributed by atoms with Gasteiger partial charge in [-0.1, -0.05) is 6.92 Å². The van der Waals surface area contributed by atoms with Crippen molar-refractivity contribution in [2.24, 2.45) is 15.9 Å². The van der Waals surface area contributed by atoms with Crippen molar-refractivity contribution in [1.29, 1.82) is 0 Å². The first-order valence-electron chi connectivity index (χ1n) is 7.84. The lowest BCUT2D eigenvalue weighted by Gasteiger charge is -2.17. The number of hydrogen-bond donors (Lipinski definition) is 2. The number of urea groups is 1. The molecule has 130 valence electrons. The van der Waals surface area contributed by atoms with Crippen LogP contribution in [0.5, 0.6) is 0 Å². The van der Waals surface area contributed by atoms with Crippen LogP contribution in [0.4, 0.5) is 15.6 Å². The summed E-state index contributed by atoms with van der Waals surface area (Å²) in [5.41, 5.74) is 1.37. The van der Waals surface area contributed by atoms with Crippen LogP contribution in [-0.4, -0.2) is 33.4 Å². The first-order valence-corrected chi connectivity index (χ1v) is 8.72. The highest BCUT2D eigenvalue weighted by molar-refractivity contribution is 7.14. The van der Waals surface area contributed by atoms with Crippen LogP contribution >= 0.6 is 11.3 Å². The zero-order chi connectivity index (χ0) is 18.0. The quantitative estimate of drug-likeness (QED) is 0.881. The maximum atomic E-state index is 12.2. The van der Waals surface area contributed by atoms with Crippen LogP contribution in [0, 0.1) is 12.8 Å². The third-order valence-corrected chi connectivity index (χ3v) is 4.50. The highest BCUT2D eigenvalue weighted by atomic mass is 32.1. The van der Waals surface area contributed by atoms with E-state index in [0.717, 1.165) is 5.00 Å². The minimum absolute atomic E-state index is 0.159. The van der Waals surface area contributed by atoms with E-state index in [2.05, 4.69) is 25.7 Å². The molecule has 0 aliphatic carbocycles. The van der Waals surface area contributed by atoms with E-state index < -0.39 is 6.03 Å². The Morgan fingerprint density at radius 2 is 2.12 bits per heavy atom. The Morgan fingerprint density at radius 1 is 1.32 bits per heavy atom. The largest absolute Gasteiger partial charge is 0.325 e. The lowest BCUT2D eigenvalue weighted by atomic mass is 10.00. The number of anilines is 2. The second-order valence-electron chi connectivity index (χ2n) is 5.60. The zero-order valence-corrected chi connectivity index (χ0v) is 14.9. The van der Waals surface area contributed by atoms with Gasteiger partial charge in [-0.05, 0) is 37.8 Å². The van der Waals surface area contributed by atoms with E-state index in [-0.39, 0.29) is 17.8 Å². The molecule has 0 radical (unpaired) electrons. The fourth-order valence-electron chi connectivity index (χ4n) is 2.53. The average Bonchev–Trinajstić information content (AvgIpc) is 3.16. The molecule has 0 fully saturated rings. The second kappa shape index (κ2) is 6.98.